The molecule has 1 heteroatoms. The second-order valence-electron chi connectivity index (χ2n) is 9.80. The van der Waals surface area contributed by atoms with Gasteiger partial charge >= 0.3 is 0 Å². The van der Waals surface area contributed by atoms with E-state index in [-0.39, 0.29) is 5.41 Å². The quantitative estimate of drug-likeness (QED) is 0.506. The second-order valence-corrected chi connectivity index (χ2v) is 9.80. The smallest absolute Gasteiger partial charge is 0.0504 e. The number of hydrogen-bond donors (Lipinski definition) is 1. The summed E-state index contributed by atoms with van der Waals surface area (Å²) >= 11 is 0. The Morgan fingerprint density at radius 3 is 2.38 bits per heavy atom. The lowest BCUT2D eigenvalue weighted by Gasteiger charge is -2.48. The van der Waals surface area contributed by atoms with E-state index in [1.165, 1.54) is 72.5 Å². The van der Waals surface area contributed by atoms with Crippen molar-refractivity contribution in [2.24, 2.45) is 5.92 Å². The average Bonchev–Trinajstić information content (AvgIpc) is 3.21. The Balaban J connectivity index is 1.85. The highest BCUT2D eigenvalue weighted by atomic mass is 14.7. The molecular weight excluding hydrogens is 314 g/mol. The molecule has 1 nitrogen and oxygen atoms in total. The number of fused-ring (bicyclic) bond motifs is 3. The minimum atomic E-state index is 0.161. The van der Waals surface area contributed by atoms with Crippen LogP contribution in [-0.2, 0) is 10.8 Å². The van der Waals surface area contributed by atoms with Crippen LogP contribution >= 0.6 is 0 Å². The van der Waals surface area contributed by atoms with Gasteiger partial charge in [0.15, 0.2) is 0 Å². The first-order valence-electron chi connectivity index (χ1n) is 10.6. The fourth-order valence-corrected chi connectivity index (χ4v) is 6.08. The van der Waals surface area contributed by atoms with Crippen molar-refractivity contribution in [3.8, 4) is 11.3 Å². The number of hydrogen-bond acceptors (Lipinski definition) is 0. The molecule has 0 spiro atoms. The lowest BCUT2D eigenvalue weighted by atomic mass is 9.56. The summed E-state index contributed by atoms with van der Waals surface area (Å²) in [5, 5.41) is 3.03. The number of pyridine rings is 1. The third-order valence-corrected chi connectivity index (χ3v) is 7.40. The van der Waals surface area contributed by atoms with Crippen molar-refractivity contribution in [1.29, 1.82) is 0 Å². The Bertz CT molecular complexity index is 913. The molecule has 0 aromatic heterocycles. The van der Waals surface area contributed by atoms with E-state index in [1.54, 1.807) is 5.56 Å². The van der Waals surface area contributed by atoms with Gasteiger partial charge in [0.25, 0.3) is 0 Å². The third kappa shape index (κ3) is 2.15. The zero-order valence-electron chi connectivity index (χ0n) is 16.5. The molecule has 0 unspecified atom stereocenters. The van der Waals surface area contributed by atoms with Crippen LogP contribution in [0.2, 0.25) is 0 Å². The van der Waals surface area contributed by atoms with E-state index in [4.69, 9.17) is 0 Å². The Kier molecular flexibility index (Phi) is 3.55. The first kappa shape index (κ1) is 16.4. The third-order valence-electron chi connectivity index (χ3n) is 7.40. The van der Waals surface area contributed by atoms with Crippen molar-refractivity contribution in [2.45, 2.75) is 76.5 Å². The van der Waals surface area contributed by atoms with E-state index in [0.29, 0.717) is 5.41 Å². The molecular formula is C25H31N. The number of H-pyrrole nitrogens is 1. The van der Waals surface area contributed by atoms with Crippen LogP contribution < -0.4 is 0 Å². The summed E-state index contributed by atoms with van der Waals surface area (Å²) in [6, 6.07) is 11.6. The van der Waals surface area contributed by atoms with Gasteiger partial charge in [-0.2, -0.15) is 0 Å². The summed E-state index contributed by atoms with van der Waals surface area (Å²) in [5.41, 5.74) is 6.59. The van der Waals surface area contributed by atoms with Crippen molar-refractivity contribution >= 4 is 10.8 Å². The summed E-state index contributed by atoms with van der Waals surface area (Å²) in [6.07, 6.45) is 12.0. The van der Waals surface area contributed by atoms with Crippen LogP contribution in [0.3, 0.4) is 0 Å². The van der Waals surface area contributed by atoms with Gasteiger partial charge in [0, 0.05) is 17.2 Å². The summed E-state index contributed by atoms with van der Waals surface area (Å²) in [5.74, 6) is 0.886. The van der Waals surface area contributed by atoms with Crippen LogP contribution in [-0.4, -0.2) is 4.98 Å². The number of nitrogens with one attached hydrogen (secondary N) is 1. The highest BCUT2D eigenvalue weighted by Gasteiger charge is 2.49. The van der Waals surface area contributed by atoms with Gasteiger partial charge in [-0.15, -0.1) is 0 Å². The summed E-state index contributed by atoms with van der Waals surface area (Å²) in [7, 11) is 0. The Morgan fingerprint density at radius 2 is 1.73 bits per heavy atom. The van der Waals surface area contributed by atoms with Gasteiger partial charge in [0.2, 0.25) is 0 Å². The Morgan fingerprint density at radius 1 is 0.962 bits per heavy atom. The lowest BCUT2D eigenvalue weighted by Crippen LogP contribution is -2.41. The van der Waals surface area contributed by atoms with E-state index in [9.17, 15) is 0 Å². The molecule has 0 bridgehead atoms. The Labute approximate surface area is 157 Å². The molecule has 1 aromatic rings. The van der Waals surface area contributed by atoms with Gasteiger partial charge in [-0.3, -0.25) is 0 Å². The van der Waals surface area contributed by atoms with Gasteiger partial charge in [-0.25, -0.2) is 0 Å². The fraction of sp³-hybridized carbons (Fsp3) is 0.520. The second kappa shape index (κ2) is 5.62. The number of aromatic amines is 1. The summed E-state index contributed by atoms with van der Waals surface area (Å²) in [4.78, 5) is 3.68. The van der Waals surface area contributed by atoms with E-state index >= 15 is 0 Å². The molecule has 5 rings (SSSR count). The first-order chi connectivity index (χ1) is 12.5. The molecule has 1 aromatic carbocycles. The largest absolute Gasteiger partial charge is 0.361 e. The maximum absolute atomic E-state index is 3.68. The van der Waals surface area contributed by atoms with E-state index in [2.05, 4.69) is 62.3 Å². The number of benzene rings is 1. The molecule has 2 fully saturated rings. The van der Waals surface area contributed by atoms with Crippen molar-refractivity contribution in [2.75, 3.05) is 0 Å². The van der Waals surface area contributed by atoms with Crippen LogP contribution in [0.25, 0.3) is 22.0 Å². The lowest BCUT2D eigenvalue weighted by molar-refractivity contribution is 0.150. The molecule has 2 saturated carbocycles. The SMILES string of the molecule is CC(C)(C)c1cccc2c(C3(C4CCCC4)CCC3)c3[nH]cccc-3c12. The van der Waals surface area contributed by atoms with Gasteiger partial charge in [-0.05, 0) is 65.0 Å². The summed E-state index contributed by atoms with van der Waals surface area (Å²) in [6.45, 7) is 7.05. The minimum absolute atomic E-state index is 0.161. The summed E-state index contributed by atoms with van der Waals surface area (Å²) < 4.78 is 0. The maximum Gasteiger partial charge on any atom is 0.0504 e. The molecule has 0 saturated heterocycles. The van der Waals surface area contributed by atoms with Crippen molar-refractivity contribution in [3.05, 3.63) is 47.7 Å². The average molecular weight is 346 g/mol. The molecule has 4 aliphatic rings. The van der Waals surface area contributed by atoms with Crippen LogP contribution in [0.5, 0.6) is 0 Å². The molecule has 1 N–H and O–H groups in total. The molecule has 0 atom stereocenters. The molecule has 0 amide bonds. The van der Waals surface area contributed by atoms with Crippen LogP contribution in [0.4, 0.5) is 0 Å². The molecule has 0 radical (unpaired) electrons. The Hall–Kier alpha value is -1.76. The highest BCUT2D eigenvalue weighted by molar-refractivity contribution is 6.07. The van der Waals surface area contributed by atoms with Gasteiger partial charge in [0.1, 0.15) is 0 Å². The topological polar surface area (TPSA) is 15.8 Å². The molecule has 1 heterocycles. The number of aromatic nitrogens is 1. The van der Waals surface area contributed by atoms with Crippen molar-refractivity contribution < 1.29 is 0 Å². The maximum atomic E-state index is 3.68. The van der Waals surface area contributed by atoms with Gasteiger partial charge < -0.3 is 4.98 Å². The van der Waals surface area contributed by atoms with Crippen LogP contribution in [0, 0.1) is 5.92 Å². The molecule has 1 aliphatic heterocycles. The molecule has 26 heavy (non-hydrogen) atoms. The fourth-order valence-electron chi connectivity index (χ4n) is 6.08. The highest BCUT2D eigenvalue weighted by Crippen LogP contribution is 2.59. The zero-order valence-corrected chi connectivity index (χ0v) is 16.5. The van der Waals surface area contributed by atoms with E-state index in [0.717, 1.165) is 5.92 Å². The van der Waals surface area contributed by atoms with Crippen LogP contribution in [0.15, 0.2) is 36.5 Å². The first-order valence-corrected chi connectivity index (χ1v) is 10.6. The monoisotopic (exact) mass is 345 g/mol. The minimum Gasteiger partial charge on any atom is -0.361 e. The predicted molar refractivity (Wildman–Crippen MR) is 111 cm³/mol. The molecule has 136 valence electrons. The van der Waals surface area contributed by atoms with Crippen molar-refractivity contribution in [1.82, 2.24) is 4.98 Å². The van der Waals surface area contributed by atoms with Gasteiger partial charge in [0.05, 0.1) is 5.69 Å². The van der Waals surface area contributed by atoms with E-state index < -0.39 is 0 Å². The van der Waals surface area contributed by atoms with Crippen LogP contribution in [0.1, 0.15) is 76.8 Å². The van der Waals surface area contributed by atoms with Gasteiger partial charge in [-0.1, -0.05) is 64.3 Å². The number of rotatable bonds is 2. The standard InChI is InChI=1S/C25H31N/c1-24(2,3)20-13-6-11-18-21(20)19-12-7-16-26-23(19)22(18)25(14-8-15-25)17-9-4-5-10-17/h6-7,11-13,16-17,26H,4-5,8-10,14-15H2,1-3H3. The van der Waals surface area contributed by atoms with E-state index in [1.807, 2.05) is 0 Å². The zero-order chi connectivity index (χ0) is 17.9. The normalized spacial score (nSPS) is 20.7. The molecule has 3 aliphatic carbocycles. The predicted octanol–water partition coefficient (Wildman–Crippen LogP) is 7.18. The van der Waals surface area contributed by atoms with Crippen molar-refractivity contribution in [3.63, 3.8) is 0 Å².